The fourth-order valence-corrected chi connectivity index (χ4v) is 4.23. The van der Waals surface area contributed by atoms with Gasteiger partial charge in [0.2, 0.25) is 5.91 Å². The van der Waals surface area contributed by atoms with Gasteiger partial charge in [0, 0.05) is 38.3 Å². The lowest BCUT2D eigenvalue weighted by Gasteiger charge is -2.34. The Bertz CT molecular complexity index is 1090. The van der Waals surface area contributed by atoms with E-state index in [4.69, 9.17) is 9.83 Å². The number of carbonyl (C=O) groups is 2. The van der Waals surface area contributed by atoms with Crippen LogP contribution in [0.25, 0.3) is 0 Å². The van der Waals surface area contributed by atoms with Crippen LogP contribution in [-0.4, -0.2) is 60.1 Å². The zero-order valence-corrected chi connectivity index (χ0v) is 19.3. The van der Waals surface area contributed by atoms with Crippen molar-refractivity contribution in [2.24, 2.45) is 4.99 Å². The van der Waals surface area contributed by atoms with Crippen LogP contribution < -0.4 is 10.2 Å². The van der Waals surface area contributed by atoms with E-state index < -0.39 is 5.54 Å². The molecule has 2 N–H and O–H groups in total. The van der Waals surface area contributed by atoms with E-state index in [-0.39, 0.29) is 17.6 Å². The summed E-state index contributed by atoms with van der Waals surface area (Å²) >= 11 is 0. The maximum atomic E-state index is 12.7. The van der Waals surface area contributed by atoms with Gasteiger partial charge in [-0.3, -0.25) is 19.4 Å². The van der Waals surface area contributed by atoms with Gasteiger partial charge in [-0.15, -0.1) is 0 Å². The number of nitrogens with one attached hydrogen (secondary N) is 1. The predicted octanol–water partition coefficient (Wildman–Crippen LogP) is 2.57. The van der Waals surface area contributed by atoms with Crippen molar-refractivity contribution in [2.45, 2.75) is 38.6 Å². The summed E-state index contributed by atoms with van der Waals surface area (Å²) in [6.07, 6.45) is 1.87. The van der Waals surface area contributed by atoms with E-state index in [9.17, 15) is 14.7 Å². The zero-order chi connectivity index (χ0) is 23.6. The van der Waals surface area contributed by atoms with E-state index in [1.54, 1.807) is 37.1 Å². The fourth-order valence-electron chi connectivity index (χ4n) is 4.23. The van der Waals surface area contributed by atoms with E-state index >= 15 is 0 Å². The summed E-state index contributed by atoms with van der Waals surface area (Å²) in [5, 5.41) is 14.5. The first kappa shape index (κ1) is 22.9. The molecule has 1 fully saturated rings. The number of aliphatic imine (C=N–C) groups is 1. The van der Waals surface area contributed by atoms with Crippen molar-refractivity contribution in [2.75, 3.05) is 31.6 Å². The molecule has 174 valence electrons. The van der Waals surface area contributed by atoms with Gasteiger partial charge in [0.15, 0.2) is 0 Å². The number of piperidine rings is 1. The third-order valence-corrected chi connectivity index (χ3v) is 6.49. The molecule has 2 heterocycles. The van der Waals surface area contributed by atoms with E-state index in [1.165, 1.54) is 0 Å². The molecule has 0 saturated carbocycles. The van der Waals surface area contributed by atoms with Gasteiger partial charge < -0.3 is 15.3 Å². The number of phenols is 1. The van der Waals surface area contributed by atoms with Crippen LogP contribution in [0.5, 0.6) is 5.75 Å². The highest BCUT2D eigenvalue weighted by Gasteiger charge is 2.46. The molecule has 1 saturated heterocycles. The first-order chi connectivity index (χ1) is 15.8. The molecule has 2 aromatic rings. The number of hydrogen-bond acceptors (Lipinski definition) is 6. The van der Waals surface area contributed by atoms with Crippen molar-refractivity contribution < 1.29 is 19.5 Å². The number of phenolic OH excluding ortho intramolecular Hbond substituents is 1. The minimum Gasteiger partial charge on any atom is -0.508 e. The van der Waals surface area contributed by atoms with Crippen LogP contribution in [0.4, 0.5) is 5.69 Å². The Labute approximate surface area is 193 Å². The Morgan fingerprint density at radius 2 is 2.00 bits per heavy atom. The molecule has 33 heavy (non-hydrogen) atoms. The fraction of sp³-hybridized carbons (Fsp3) is 0.400. The Balaban J connectivity index is 1.33. The summed E-state index contributed by atoms with van der Waals surface area (Å²) < 4.78 is 0. The van der Waals surface area contributed by atoms with E-state index in [0.717, 1.165) is 23.2 Å². The number of amidine groups is 1. The average molecular weight is 451 g/mol. The van der Waals surface area contributed by atoms with Gasteiger partial charge in [-0.05, 0) is 61.6 Å². The molecule has 0 aromatic heterocycles. The van der Waals surface area contributed by atoms with Crippen LogP contribution in [0.15, 0.2) is 47.5 Å². The van der Waals surface area contributed by atoms with Gasteiger partial charge in [-0.25, -0.2) is 0 Å². The quantitative estimate of drug-likeness (QED) is 0.706. The molecule has 4 rings (SSSR count). The van der Waals surface area contributed by atoms with Crippen LogP contribution in [-0.2, 0) is 20.8 Å². The Hall–Kier alpha value is -3.23. The molecule has 2 amide bonds. The number of aryl methyl sites for hydroxylation is 1. The third-order valence-electron chi connectivity index (χ3n) is 6.49. The minimum atomic E-state index is -0.775. The molecule has 2 aliphatic rings. The molecule has 1 spiro atoms. The maximum Gasteiger partial charge on any atom is 0.253 e. The molecule has 0 aliphatic carbocycles. The van der Waals surface area contributed by atoms with Gasteiger partial charge in [-0.1, -0.05) is 18.2 Å². The van der Waals surface area contributed by atoms with Crippen LogP contribution in [0.3, 0.4) is 0 Å². The molecule has 2 aromatic carbocycles. The zero-order valence-electron chi connectivity index (χ0n) is 19.3. The highest BCUT2D eigenvalue weighted by molar-refractivity contribution is 6.15. The topological polar surface area (TPSA) is 94.5 Å². The lowest BCUT2D eigenvalue weighted by Crippen LogP contribution is -2.49. The van der Waals surface area contributed by atoms with Crippen molar-refractivity contribution in [3.8, 4) is 5.75 Å². The van der Waals surface area contributed by atoms with Crippen LogP contribution >= 0.6 is 0 Å². The summed E-state index contributed by atoms with van der Waals surface area (Å²) in [4.78, 5) is 36.7. The summed E-state index contributed by atoms with van der Waals surface area (Å²) in [5.41, 5.74) is 3.10. The number of anilines is 1. The van der Waals surface area contributed by atoms with Crippen LogP contribution in [0.2, 0.25) is 0 Å². The largest absolute Gasteiger partial charge is 0.508 e. The smallest absolute Gasteiger partial charge is 0.253 e. The highest BCUT2D eigenvalue weighted by Crippen LogP contribution is 2.31. The maximum absolute atomic E-state index is 12.7. The lowest BCUT2D eigenvalue weighted by atomic mass is 9.89. The number of carbonyl (C=O) groups excluding carboxylic acids is 2. The van der Waals surface area contributed by atoms with E-state index in [1.807, 2.05) is 29.3 Å². The second-order valence-corrected chi connectivity index (χ2v) is 8.70. The van der Waals surface area contributed by atoms with Crippen molar-refractivity contribution in [3.63, 3.8) is 0 Å². The molecule has 0 unspecified atom stereocenters. The number of nitrogens with zero attached hydrogens (tertiary/aromatic N) is 3. The van der Waals surface area contributed by atoms with Gasteiger partial charge in [0.25, 0.3) is 5.91 Å². The number of amides is 2. The summed E-state index contributed by atoms with van der Waals surface area (Å²) in [5.74, 6) is 0.551. The van der Waals surface area contributed by atoms with Gasteiger partial charge >= 0.3 is 0 Å². The average Bonchev–Trinajstić information content (AvgIpc) is 3.11. The second-order valence-electron chi connectivity index (χ2n) is 8.70. The first-order valence-corrected chi connectivity index (χ1v) is 11.2. The molecule has 8 heteroatoms. The van der Waals surface area contributed by atoms with Gasteiger partial charge in [0.05, 0.1) is 6.61 Å². The number of hydroxylamine groups is 2. The molecular weight excluding hydrogens is 420 g/mol. The first-order valence-electron chi connectivity index (χ1n) is 11.2. The van der Waals surface area contributed by atoms with Gasteiger partial charge in [0.1, 0.15) is 17.1 Å². The summed E-state index contributed by atoms with van der Waals surface area (Å²) in [6.45, 7) is 5.34. The van der Waals surface area contributed by atoms with E-state index in [2.05, 4.69) is 12.2 Å². The normalized spacial score (nSPS) is 17.7. The molecule has 0 atom stereocenters. The Morgan fingerprint density at radius 3 is 2.70 bits per heavy atom. The number of aromatic hydroxyl groups is 1. The summed E-state index contributed by atoms with van der Waals surface area (Å²) in [7, 11) is 1.77. The molecule has 8 nitrogen and oxygen atoms in total. The number of benzene rings is 2. The minimum absolute atomic E-state index is 0.00543. The van der Waals surface area contributed by atoms with Crippen molar-refractivity contribution in [1.82, 2.24) is 10.4 Å². The third kappa shape index (κ3) is 4.91. The SMILES string of the molecule is CC(=O)N(C)c1ccc(C)c(CCON2CCC3(CC2)N=C(c2cccc(O)c2)NC3=O)c1. The number of hydrogen-bond donors (Lipinski definition) is 2. The number of rotatable bonds is 6. The highest BCUT2D eigenvalue weighted by atomic mass is 16.7. The summed E-state index contributed by atoms with van der Waals surface area (Å²) in [6, 6.07) is 12.7. The monoisotopic (exact) mass is 450 g/mol. The second kappa shape index (κ2) is 9.33. The standard InChI is InChI=1S/C25H30N4O4/c1-17-7-8-21(28(3)18(2)30)15-19(17)9-14-33-29-12-10-25(11-13-29)24(32)26-23(27-25)20-5-4-6-22(31)16-20/h4-8,15-16,31H,9-14H2,1-3H3,(H,26,27,32). The van der Waals surface area contributed by atoms with Crippen molar-refractivity contribution >= 4 is 23.3 Å². The molecule has 0 bridgehead atoms. The lowest BCUT2D eigenvalue weighted by molar-refractivity contribution is -0.176. The van der Waals surface area contributed by atoms with Crippen LogP contribution in [0.1, 0.15) is 36.5 Å². The molecule has 0 radical (unpaired) electrons. The predicted molar refractivity (Wildman–Crippen MR) is 126 cm³/mol. The molecule has 2 aliphatic heterocycles. The Morgan fingerprint density at radius 1 is 1.24 bits per heavy atom. The van der Waals surface area contributed by atoms with Crippen molar-refractivity contribution in [1.29, 1.82) is 0 Å². The van der Waals surface area contributed by atoms with Crippen LogP contribution in [0, 0.1) is 6.92 Å². The van der Waals surface area contributed by atoms with Crippen molar-refractivity contribution in [3.05, 3.63) is 59.2 Å². The van der Waals surface area contributed by atoms with E-state index in [0.29, 0.717) is 43.9 Å². The molecular formula is C25H30N4O4. The van der Waals surface area contributed by atoms with Gasteiger partial charge in [-0.2, -0.15) is 5.06 Å². The Kier molecular flexibility index (Phi) is 6.49.